The van der Waals surface area contributed by atoms with E-state index in [0.29, 0.717) is 0 Å². The highest BCUT2D eigenvalue weighted by Crippen LogP contribution is 2.39. The molecule has 0 aliphatic heterocycles. The predicted molar refractivity (Wildman–Crippen MR) is 255 cm³/mol. The number of hydrogen-bond donors (Lipinski definition) is 0. The van der Waals surface area contributed by atoms with E-state index in [1.807, 2.05) is 36.8 Å². The molecular weight excluding hydrogens is 773 g/mol. The first-order valence-corrected chi connectivity index (χ1v) is 21.0. The number of benzene rings is 7. The highest BCUT2D eigenvalue weighted by molar-refractivity contribution is 6.12. The van der Waals surface area contributed by atoms with Gasteiger partial charge in [0.2, 0.25) is 0 Å². The largest absolute Gasteiger partial charge is 0.456 e. The summed E-state index contributed by atoms with van der Waals surface area (Å²) in [5.74, 6) is 0. The molecule has 7 nitrogen and oxygen atoms in total. The van der Waals surface area contributed by atoms with Crippen LogP contribution in [-0.2, 0) is 0 Å². The first-order valence-electron chi connectivity index (χ1n) is 21.0. The predicted octanol–water partition coefficient (Wildman–Crippen LogP) is 14.0. The van der Waals surface area contributed by atoms with Crippen LogP contribution in [0.4, 0.5) is 0 Å². The summed E-state index contributed by atoms with van der Waals surface area (Å²) in [6.07, 6.45) is 7.42. The Morgan fingerprint density at radius 3 is 1.60 bits per heavy atom. The number of rotatable bonds is 6. The molecule has 6 heterocycles. The molecule has 0 fully saturated rings. The Morgan fingerprint density at radius 2 is 0.905 bits per heavy atom. The Bertz CT molecular complexity index is 3850. The van der Waals surface area contributed by atoms with Gasteiger partial charge in [0.15, 0.2) is 0 Å². The van der Waals surface area contributed by atoms with Crippen LogP contribution in [0.15, 0.2) is 211 Å². The third kappa shape index (κ3) is 5.67. The van der Waals surface area contributed by atoms with E-state index in [1.54, 1.807) is 6.20 Å². The van der Waals surface area contributed by atoms with Gasteiger partial charge in [-0.1, -0.05) is 115 Å². The maximum Gasteiger partial charge on any atom is 0.138 e. The maximum atomic E-state index is 6.15. The molecule has 0 saturated carbocycles. The average Bonchev–Trinajstić information content (AvgIpc) is 4.01. The number of fused-ring (bicyclic) bond motifs is 9. The second kappa shape index (κ2) is 13.9. The monoisotopic (exact) mass is 806 g/mol. The fourth-order valence-electron chi connectivity index (χ4n) is 9.35. The molecule has 0 atom stereocenters. The van der Waals surface area contributed by atoms with E-state index < -0.39 is 0 Å². The quantitative estimate of drug-likeness (QED) is 0.167. The highest BCUT2D eigenvalue weighted by Gasteiger charge is 2.18. The number of furan rings is 1. The first kappa shape index (κ1) is 35.1. The summed E-state index contributed by atoms with van der Waals surface area (Å²) in [5, 5.41) is 6.70. The van der Waals surface area contributed by atoms with Crippen molar-refractivity contribution >= 4 is 65.6 Å². The van der Waals surface area contributed by atoms with Crippen molar-refractivity contribution in [2.45, 2.75) is 0 Å². The minimum atomic E-state index is 0.804. The zero-order chi connectivity index (χ0) is 41.4. The topological polar surface area (TPSA) is 74.6 Å². The molecule has 13 aromatic rings. The summed E-state index contributed by atoms with van der Waals surface area (Å²) in [7, 11) is 0. The number of para-hydroxylation sites is 2. The van der Waals surface area contributed by atoms with E-state index in [0.717, 1.165) is 106 Å². The summed E-state index contributed by atoms with van der Waals surface area (Å²) >= 11 is 0. The van der Waals surface area contributed by atoms with Crippen LogP contribution < -0.4 is 0 Å². The van der Waals surface area contributed by atoms with E-state index >= 15 is 0 Å². The molecule has 0 radical (unpaired) electrons. The third-order valence-corrected chi connectivity index (χ3v) is 12.3. The Labute approximate surface area is 360 Å². The van der Waals surface area contributed by atoms with Gasteiger partial charge in [-0.25, -0.2) is 4.98 Å². The number of aromatic nitrogens is 6. The van der Waals surface area contributed by atoms with Crippen LogP contribution >= 0.6 is 0 Å². The van der Waals surface area contributed by atoms with Crippen molar-refractivity contribution in [3.8, 4) is 56.4 Å². The molecule has 0 amide bonds. The van der Waals surface area contributed by atoms with Crippen molar-refractivity contribution < 1.29 is 4.42 Å². The van der Waals surface area contributed by atoms with Gasteiger partial charge >= 0.3 is 0 Å². The molecule has 7 aromatic carbocycles. The molecule has 13 rings (SSSR count). The van der Waals surface area contributed by atoms with Crippen molar-refractivity contribution in [2.75, 3.05) is 0 Å². The van der Waals surface area contributed by atoms with Crippen molar-refractivity contribution in [1.82, 2.24) is 29.1 Å². The van der Waals surface area contributed by atoms with Crippen molar-refractivity contribution in [1.29, 1.82) is 0 Å². The summed E-state index contributed by atoms with van der Waals surface area (Å²) in [6, 6.07) is 63.8. The van der Waals surface area contributed by atoms with Crippen LogP contribution in [0.2, 0.25) is 0 Å². The number of pyridine rings is 2. The van der Waals surface area contributed by atoms with E-state index in [-0.39, 0.29) is 0 Å². The lowest BCUT2D eigenvalue weighted by atomic mass is 10.1. The van der Waals surface area contributed by atoms with Gasteiger partial charge in [0.25, 0.3) is 0 Å². The van der Waals surface area contributed by atoms with Gasteiger partial charge in [-0.05, 0) is 66.7 Å². The van der Waals surface area contributed by atoms with Crippen LogP contribution in [-0.4, -0.2) is 29.1 Å². The minimum Gasteiger partial charge on any atom is -0.456 e. The van der Waals surface area contributed by atoms with Crippen molar-refractivity contribution in [3.05, 3.63) is 207 Å². The molecule has 6 aromatic heterocycles. The van der Waals surface area contributed by atoms with Gasteiger partial charge in [-0.2, -0.15) is 0 Å². The summed E-state index contributed by atoms with van der Waals surface area (Å²) < 4.78 is 10.8. The third-order valence-electron chi connectivity index (χ3n) is 12.3. The van der Waals surface area contributed by atoms with Gasteiger partial charge in [0.05, 0.1) is 62.9 Å². The lowest BCUT2D eigenvalue weighted by Crippen LogP contribution is -1.98. The zero-order valence-electron chi connectivity index (χ0n) is 33.7. The standard InChI is InChI=1S/C56H34N6O/c1-3-11-35(12-4-1)47-30-40(31-48(60-47)36-13-5-2-6-14-36)62-52-18-10-8-16-42(52)44-27-37(20-23-53(44)62)49-33-59-50(34-58-49)38-19-22-43-41-15-7-9-17-51(41)61(54(43)28-38)39-21-24-55-45(29-39)46-32-57-26-25-56(46)63-55/h1-34H. The fourth-order valence-corrected chi connectivity index (χ4v) is 9.35. The number of nitrogens with zero attached hydrogens (tertiary/aromatic N) is 6. The summed E-state index contributed by atoms with van der Waals surface area (Å²) in [5.41, 5.74) is 15.8. The smallest absolute Gasteiger partial charge is 0.138 e. The molecule has 0 N–H and O–H groups in total. The van der Waals surface area contributed by atoms with E-state index in [2.05, 4.69) is 178 Å². The SMILES string of the molecule is c1ccc(-c2cc(-n3c4ccccc4c4cc(-c5cnc(-c6ccc7c8ccccc8n(-c8ccc9oc%10ccncc%10c9c8)c7c6)cn5)ccc43)cc(-c3ccccc3)n2)cc1. The molecule has 0 aliphatic rings. The molecule has 294 valence electrons. The molecule has 0 saturated heterocycles. The molecule has 0 unspecified atom stereocenters. The van der Waals surface area contributed by atoms with Crippen LogP contribution in [0.5, 0.6) is 0 Å². The van der Waals surface area contributed by atoms with E-state index in [9.17, 15) is 0 Å². The zero-order valence-corrected chi connectivity index (χ0v) is 33.7. The van der Waals surface area contributed by atoms with Gasteiger partial charge in [-0.15, -0.1) is 0 Å². The van der Waals surface area contributed by atoms with Crippen LogP contribution in [0.3, 0.4) is 0 Å². The van der Waals surface area contributed by atoms with Gasteiger partial charge < -0.3 is 13.6 Å². The second-order valence-electron chi connectivity index (χ2n) is 15.9. The van der Waals surface area contributed by atoms with E-state index in [1.165, 1.54) is 16.2 Å². The van der Waals surface area contributed by atoms with Gasteiger partial charge in [-0.3, -0.25) is 15.0 Å². The van der Waals surface area contributed by atoms with E-state index in [4.69, 9.17) is 19.4 Å². The minimum absolute atomic E-state index is 0.804. The number of hydrogen-bond acceptors (Lipinski definition) is 5. The molecule has 0 bridgehead atoms. The van der Waals surface area contributed by atoms with Crippen molar-refractivity contribution in [3.63, 3.8) is 0 Å². The Hall–Kier alpha value is -8.68. The van der Waals surface area contributed by atoms with Crippen LogP contribution in [0, 0.1) is 0 Å². The van der Waals surface area contributed by atoms with Crippen molar-refractivity contribution in [2.24, 2.45) is 0 Å². The lowest BCUT2D eigenvalue weighted by molar-refractivity contribution is 0.668. The molecular formula is C56H34N6O. The van der Waals surface area contributed by atoms with Gasteiger partial charge in [0, 0.05) is 72.7 Å². The molecule has 0 spiro atoms. The molecule has 63 heavy (non-hydrogen) atoms. The average molecular weight is 807 g/mol. The fraction of sp³-hybridized carbons (Fsp3) is 0. The maximum absolute atomic E-state index is 6.15. The molecule has 0 aliphatic carbocycles. The first-order chi connectivity index (χ1) is 31.2. The van der Waals surface area contributed by atoms with Gasteiger partial charge in [0.1, 0.15) is 11.2 Å². The molecule has 7 heteroatoms. The normalized spacial score (nSPS) is 11.8. The highest BCUT2D eigenvalue weighted by atomic mass is 16.3. The summed E-state index contributed by atoms with van der Waals surface area (Å²) in [4.78, 5) is 19.6. The van der Waals surface area contributed by atoms with Crippen LogP contribution in [0.1, 0.15) is 0 Å². The lowest BCUT2D eigenvalue weighted by Gasteiger charge is -2.13. The Kier molecular flexibility index (Phi) is 7.77. The second-order valence-corrected chi connectivity index (χ2v) is 15.9. The van der Waals surface area contributed by atoms with Crippen LogP contribution in [0.25, 0.3) is 122 Å². The Balaban J connectivity index is 0.901. The Morgan fingerprint density at radius 1 is 0.333 bits per heavy atom. The summed E-state index contributed by atoms with van der Waals surface area (Å²) in [6.45, 7) is 0.